The van der Waals surface area contributed by atoms with E-state index in [2.05, 4.69) is 10.3 Å². The molecule has 3 aromatic rings. The maximum absolute atomic E-state index is 12.8. The van der Waals surface area contributed by atoms with Crippen LogP contribution in [0.2, 0.25) is 0 Å². The number of carbonyl (C=O) groups is 1. The number of rotatable bonds is 4. The van der Waals surface area contributed by atoms with Gasteiger partial charge in [-0.1, -0.05) is 0 Å². The molecule has 0 aliphatic carbocycles. The van der Waals surface area contributed by atoms with E-state index in [1.165, 1.54) is 0 Å². The van der Waals surface area contributed by atoms with Gasteiger partial charge in [-0.2, -0.15) is 0 Å². The van der Waals surface area contributed by atoms with Crippen molar-refractivity contribution in [3.05, 3.63) is 63.6 Å². The molecule has 6 nitrogen and oxygen atoms in total. The number of ether oxygens (including phenoxy) is 1. The first-order valence-electron chi connectivity index (χ1n) is 8.41. The van der Waals surface area contributed by atoms with Crippen molar-refractivity contribution >= 4 is 22.6 Å². The van der Waals surface area contributed by atoms with Gasteiger partial charge in [-0.3, -0.25) is 9.59 Å². The number of methoxy groups -OCH3 is 1. The molecule has 1 amide bonds. The first-order valence-corrected chi connectivity index (χ1v) is 8.41. The third-order valence-corrected chi connectivity index (χ3v) is 4.33. The number of pyridine rings is 2. The Labute approximate surface area is 151 Å². The SMILES string of the molecule is CCn1cc(C(=O)Nc2ccc(OC)cc2C)c(=O)c2ccc(C)nc21. The van der Waals surface area contributed by atoms with Crippen LogP contribution in [-0.2, 0) is 6.54 Å². The topological polar surface area (TPSA) is 73.2 Å². The molecule has 1 N–H and O–H groups in total. The minimum absolute atomic E-state index is 0.0974. The Kier molecular flexibility index (Phi) is 4.75. The summed E-state index contributed by atoms with van der Waals surface area (Å²) in [6, 6.07) is 8.85. The Bertz CT molecular complexity index is 1050. The predicted octanol–water partition coefficient (Wildman–Crippen LogP) is 3.29. The minimum Gasteiger partial charge on any atom is -0.497 e. The second-order valence-electron chi connectivity index (χ2n) is 6.12. The molecule has 0 saturated heterocycles. The molecule has 0 spiro atoms. The summed E-state index contributed by atoms with van der Waals surface area (Å²) in [6.45, 7) is 6.30. The summed E-state index contributed by atoms with van der Waals surface area (Å²) in [7, 11) is 1.59. The van der Waals surface area contributed by atoms with E-state index >= 15 is 0 Å². The fourth-order valence-corrected chi connectivity index (χ4v) is 2.86. The number of benzene rings is 1. The van der Waals surface area contributed by atoms with Crippen molar-refractivity contribution in [1.29, 1.82) is 0 Å². The molecule has 0 fully saturated rings. The van der Waals surface area contributed by atoms with Crippen LogP contribution in [0.15, 0.2) is 41.3 Å². The number of hydrogen-bond acceptors (Lipinski definition) is 4. The molecular formula is C20H21N3O3. The van der Waals surface area contributed by atoms with Gasteiger partial charge in [-0.25, -0.2) is 4.98 Å². The number of amides is 1. The highest BCUT2D eigenvalue weighted by molar-refractivity contribution is 6.06. The van der Waals surface area contributed by atoms with Crippen molar-refractivity contribution < 1.29 is 9.53 Å². The first kappa shape index (κ1) is 17.7. The molecule has 6 heteroatoms. The maximum atomic E-state index is 12.8. The van der Waals surface area contributed by atoms with Crippen molar-refractivity contribution in [2.24, 2.45) is 0 Å². The zero-order chi connectivity index (χ0) is 18.8. The summed E-state index contributed by atoms with van der Waals surface area (Å²) in [5.41, 5.74) is 2.69. The molecule has 0 unspecified atom stereocenters. The summed E-state index contributed by atoms with van der Waals surface area (Å²) >= 11 is 0. The Morgan fingerprint density at radius 3 is 2.65 bits per heavy atom. The van der Waals surface area contributed by atoms with Gasteiger partial charge in [0.1, 0.15) is 17.0 Å². The summed E-state index contributed by atoms with van der Waals surface area (Å²) in [6.07, 6.45) is 1.57. The second-order valence-corrected chi connectivity index (χ2v) is 6.12. The molecule has 0 bridgehead atoms. The first-order chi connectivity index (χ1) is 12.4. The molecule has 0 saturated carbocycles. The average Bonchev–Trinajstić information content (AvgIpc) is 2.63. The Morgan fingerprint density at radius 2 is 2.00 bits per heavy atom. The number of carbonyl (C=O) groups excluding carboxylic acids is 1. The van der Waals surface area contributed by atoms with Crippen molar-refractivity contribution in [3.8, 4) is 5.75 Å². The van der Waals surface area contributed by atoms with E-state index in [1.54, 1.807) is 37.6 Å². The highest BCUT2D eigenvalue weighted by Crippen LogP contribution is 2.21. The van der Waals surface area contributed by atoms with E-state index in [4.69, 9.17) is 4.74 Å². The largest absolute Gasteiger partial charge is 0.497 e. The van der Waals surface area contributed by atoms with Crippen molar-refractivity contribution in [1.82, 2.24) is 9.55 Å². The maximum Gasteiger partial charge on any atom is 0.261 e. The van der Waals surface area contributed by atoms with Crippen LogP contribution in [0.3, 0.4) is 0 Å². The summed E-state index contributed by atoms with van der Waals surface area (Å²) in [4.78, 5) is 30.0. The quantitative estimate of drug-likeness (QED) is 0.783. The Balaban J connectivity index is 2.05. The van der Waals surface area contributed by atoms with Gasteiger partial charge in [0.25, 0.3) is 5.91 Å². The second kappa shape index (κ2) is 7.00. The molecule has 2 aromatic heterocycles. The number of fused-ring (bicyclic) bond motifs is 1. The standard InChI is InChI=1S/C20H21N3O3/c1-5-23-11-16(18(24)15-8-6-13(3)21-19(15)23)20(25)22-17-9-7-14(26-4)10-12(17)2/h6-11H,5H2,1-4H3,(H,22,25). The summed E-state index contributed by atoms with van der Waals surface area (Å²) < 4.78 is 6.99. The minimum atomic E-state index is -0.437. The average molecular weight is 351 g/mol. The number of nitrogens with one attached hydrogen (secondary N) is 1. The number of aromatic nitrogens is 2. The van der Waals surface area contributed by atoms with Crippen molar-refractivity contribution in [2.75, 3.05) is 12.4 Å². The highest BCUT2D eigenvalue weighted by atomic mass is 16.5. The molecule has 134 valence electrons. The summed E-state index contributed by atoms with van der Waals surface area (Å²) in [5, 5.41) is 3.26. The zero-order valence-corrected chi connectivity index (χ0v) is 15.3. The van der Waals surface area contributed by atoms with Crippen LogP contribution in [0, 0.1) is 13.8 Å². The molecule has 2 heterocycles. The van der Waals surface area contributed by atoms with Gasteiger partial charge in [0, 0.05) is 24.1 Å². The van der Waals surface area contributed by atoms with E-state index in [1.807, 2.05) is 31.4 Å². The van der Waals surface area contributed by atoms with E-state index in [9.17, 15) is 9.59 Å². The lowest BCUT2D eigenvalue weighted by Gasteiger charge is -2.13. The molecule has 0 aliphatic heterocycles. The predicted molar refractivity (Wildman–Crippen MR) is 102 cm³/mol. The Morgan fingerprint density at radius 1 is 1.23 bits per heavy atom. The lowest BCUT2D eigenvalue weighted by molar-refractivity contribution is 0.102. The smallest absolute Gasteiger partial charge is 0.261 e. The normalized spacial score (nSPS) is 10.8. The monoisotopic (exact) mass is 351 g/mol. The number of nitrogens with zero attached hydrogens (tertiary/aromatic N) is 2. The number of anilines is 1. The molecule has 1 aromatic carbocycles. The number of hydrogen-bond donors (Lipinski definition) is 1. The van der Waals surface area contributed by atoms with Gasteiger partial charge in [-0.05, 0) is 56.7 Å². The Hall–Kier alpha value is -3.15. The van der Waals surface area contributed by atoms with Crippen LogP contribution in [0.1, 0.15) is 28.5 Å². The fraction of sp³-hybridized carbons (Fsp3) is 0.250. The van der Waals surface area contributed by atoms with Gasteiger partial charge >= 0.3 is 0 Å². The van der Waals surface area contributed by atoms with Crippen LogP contribution in [0.4, 0.5) is 5.69 Å². The molecule has 0 atom stereocenters. The summed E-state index contributed by atoms with van der Waals surface area (Å²) in [5.74, 6) is 0.272. The van der Waals surface area contributed by atoms with Gasteiger partial charge in [0.15, 0.2) is 0 Å². The van der Waals surface area contributed by atoms with E-state index in [0.29, 0.717) is 29.0 Å². The van der Waals surface area contributed by atoms with Crippen LogP contribution in [0.25, 0.3) is 11.0 Å². The van der Waals surface area contributed by atoms with Crippen LogP contribution >= 0.6 is 0 Å². The van der Waals surface area contributed by atoms with E-state index in [-0.39, 0.29) is 11.0 Å². The van der Waals surface area contributed by atoms with E-state index < -0.39 is 5.91 Å². The molecule has 0 aliphatic rings. The molecule has 0 radical (unpaired) electrons. The number of aryl methyl sites for hydroxylation is 3. The molecular weight excluding hydrogens is 330 g/mol. The van der Waals surface area contributed by atoms with Crippen LogP contribution < -0.4 is 15.5 Å². The third kappa shape index (κ3) is 3.18. The van der Waals surface area contributed by atoms with Gasteiger partial charge in [-0.15, -0.1) is 0 Å². The van der Waals surface area contributed by atoms with Crippen LogP contribution in [0.5, 0.6) is 5.75 Å². The van der Waals surface area contributed by atoms with Crippen LogP contribution in [-0.4, -0.2) is 22.6 Å². The zero-order valence-electron chi connectivity index (χ0n) is 15.3. The third-order valence-electron chi connectivity index (χ3n) is 4.33. The molecule has 3 rings (SSSR count). The van der Waals surface area contributed by atoms with Crippen molar-refractivity contribution in [2.45, 2.75) is 27.3 Å². The van der Waals surface area contributed by atoms with Gasteiger partial charge in [0.05, 0.1) is 12.5 Å². The lowest BCUT2D eigenvalue weighted by Crippen LogP contribution is -2.24. The van der Waals surface area contributed by atoms with E-state index in [0.717, 1.165) is 11.3 Å². The highest BCUT2D eigenvalue weighted by Gasteiger charge is 2.17. The lowest BCUT2D eigenvalue weighted by atomic mass is 10.1. The fourth-order valence-electron chi connectivity index (χ4n) is 2.86. The van der Waals surface area contributed by atoms with Gasteiger partial charge < -0.3 is 14.6 Å². The van der Waals surface area contributed by atoms with Gasteiger partial charge in [0.2, 0.25) is 5.43 Å². The van der Waals surface area contributed by atoms with Crippen molar-refractivity contribution in [3.63, 3.8) is 0 Å². The molecule has 26 heavy (non-hydrogen) atoms.